The molecule has 1 aromatic heterocycles. The quantitative estimate of drug-likeness (QED) is 0.329. The highest BCUT2D eigenvalue weighted by Crippen LogP contribution is 2.20. The molecule has 4 amide bonds. The van der Waals surface area contributed by atoms with Gasteiger partial charge in [0, 0.05) is 63.8 Å². The Morgan fingerprint density at radius 3 is 2.51 bits per heavy atom. The number of fused-ring (bicyclic) bond motifs is 1. The summed E-state index contributed by atoms with van der Waals surface area (Å²) in [5.41, 5.74) is 0.425. The third-order valence-electron chi connectivity index (χ3n) is 7.69. The fraction of sp³-hybridized carbons (Fsp3) is 0.419. The number of halogens is 2. The van der Waals surface area contributed by atoms with Crippen molar-refractivity contribution < 1.29 is 23.5 Å². The van der Waals surface area contributed by atoms with Crippen molar-refractivity contribution in [2.24, 2.45) is 0 Å². The van der Waals surface area contributed by atoms with E-state index in [-0.39, 0.29) is 36.9 Å². The number of aromatic nitrogens is 1. The number of ether oxygens (including phenoxy) is 1. The second-order valence-electron chi connectivity index (χ2n) is 10.8. The second kappa shape index (κ2) is 15.0. The average molecular weight is 613 g/mol. The lowest BCUT2D eigenvalue weighted by atomic mass is 10.1. The van der Waals surface area contributed by atoms with E-state index in [1.54, 1.807) is 25.4 Å². The molecule has 0 radical (unpaired) electrons. The second-order valence-corrected chi connectivity index (χ2v) is 11.2. The minimum absolute atomic E-state index is 0.000518. The predicted octanol–water partition coefficient (Wildman–Crippen LogP) is 5.12. The van der Waals surface area contributed by atoms with E-state index in [1.165, 1.54) is 17.0 Å². The monoisotopic (exact) mass is 612 g/mol. The molecule has 3 aromatic rings. The molecule has 0 saturated carbocycles. The maximum Gasteiger partial charge on any atom is 0.412 e. The number of carbonyl (C=O) groups is 3. The van der Waals surface area contributed by atoms with Gasteiger partial charge in [0.2, 0.25) is 5.91 Å². The molecule has 0 unspecified atom stereocenters. The molecule has 0 aliphatic carbocycles. The number of nitrogens with one attached hydrogen (secondary N) is 2. The van der Waals surface area contributed by atoms with Crippen LogP contribution < -0.4 is 10.6 Å². The highest BCUT2D eigenvalue weighted by molar-refractivity contribution is 6.31. The zero-order valence-corrected chi connectivity index (χ0v) is 25.4. The number of anilines is 1. The van der Waals surface area contributed by atoms with Gasteiger partial charge in [-0.05, 0) is 43.4 Å². The number of likely N-dealkylation sites (N-methyl/N-ethyl adjacent to an activating group) is 1. The topological polar surface area (TPSA) is 107 Å². The van der Waals surface area contributed by atoms with Crippen molar-refractivity contribution in [2.75, 3.05) is 45.2 Å². The molecule has 43 heavy (non-hydrogen) atoms. The lowest BCUT2D eigenvalue weighted by molar-refractivity contribution is -0.133. The van der Waals surface area contributed by atoms with Crippen LogP contribution in [0.1, 0.15) is 32.3 Å². The highest BCUT2D eigenvalue weighted by Gasteiger charge is 2.26. The summed E-state index contributed by atoms with van der Waals surface area (Å²) < 4.78 is 19.3. The molecule has 4 rings (SSSR count). The minimum atomic E-state index is -0.732. The number of piperazine rings is 1. The van der Waals surface area contributed by atoms with Crippen molar-refractivity contribution in [1.29, 1.82) is 0 Å². The molecule has 0 spiro atoms. The molecule has 2 aromatic carbocycles. The Morgan fingerprint density at radius 1 is 1.07 bits per heavy atom. The molecule has 0 bridgehead atoms. The number of rotatable bonds is 10. The normalized spacial score (nSPS) is 14.4. The molecule has 2 N–H and O–H groups in total. The fourth-order valence-electron chi connectivity index (χ4n) is 4.94. The summed E-state index contributed by atoms with van der Waals surface area (Å²) in [7, 11) is 1.56. The zero-order valence-electron chi connectivity index (χ0n) is 24.7. The van der Waals surface area contributed by atoms with E-state index in [0.717, 1.165) is 23.9 Å². The molecule has 1 saturated heterocycles. The van der Waals surface area contributed by atoms with Gasteiger partial charge in [-0.1, -0.05) is 48.0 Å². The number of urea groups is 1. The number of amides is 4. The zero-order chi connectivity index (χ0) is 30.9. The molecule has 10 nitrogen and oxygen atoms in total. The van der Waals surface area contributed by atoms with Gasteiger partial charge in [0.05, 0.1) is 11.1 Å². The van der Waals surface area contributed by atoms with Gasteiger partial charge in [-0.15, -0.1) is 0 Å². The highest BCUT2D eigenvalue weighted by atomic mass is 35.5. The van der Waals surface area contributed by atoms with E-state index in [9.17, 15) is 18.8 Å². The van der Waals surface area contributed by atoms with Gasteiger partial charge < -0.3 is 19.9 Å². The van der Waals surface area contributed by atoms with Crippen LogP contribution in [-0.2, 0) is 16.1 Å². The standard InChI is InChI=1S/C31H38ClFN6O4/c1-21(2)38-13-15-39(16-14-38)28(40)12-11-25(37(3)30(41)35-19-24-9-6-10-26(33)29(24)32)20-43-31(42)36-27-17-22-7-4-5-8-23(22)18-34-27/h4-10,17-18,21,25H,11-16,19-20H2,1-3H3,(H,35,41)(H,34,36,42)/t25-/m1/s1. The average Bonchev–Trinajstić information content (AvgIpc) is 3.01. The minimum Gasteiger partial charge on any atom is -0.447 e. The first-order valence-corrected chi connectivity index (χ1v) is 14.7. The number of hydrogen-bond acceptors (Lipinski definition) is 6. The summed E-state index contributed by atoms with van der Waals surface area (Å²) in [4.78, 5) is 48.6. The first-order valence-electron chi connectivity index (χ1n) is 14.4. The predicted molar refractivity (Wildman–Crippen MR) is 164 cm³/mol. The summed E-state index contributed by atoms with van der Waals surface area (Å²) >= 11 is 6.03. The number of carbonyl (C=O) groups excluding carboxylic acids is 3. The Balaban J connectivity index is 1.37. The molecule has 230 valence electrons. The molecular formula is C31H38ClFN6O4. The number of benzene rings is 2. The van der Waals surface area contributed by atoms with Crippen molar-refractivity contribution in [1.82, 2.24) is 25.0 Å². The van der Waals surface area contributed by atoms with Gasteiger partial charge in [0.25, 0.3) is 0 Å². The third kappa shape index (κ3) is 8.77. The van der Waals surface area contributed by atoms with Crippen LogP contribution in [0.25, 0.3) is 10.8 Å². The molecule has 1 aliphatic rings. The van der Waals surface area contributed by atoms with Crippen LogP contribution >= 0.6 is 11.6 Å². The summed E-state index contributed by atoms with van der Waals surface area (Å²) in [5.74, 6) is -0.264. The van der Waals surface area contributed by atoms with Crippen molar-refractivity contribution >= 4 is 46.2 Å². The Kier molecular flexibility index (Phi) is 11.1. The van der Waals surface area contributed by atoms with E-state index in [2.05, 4.69) is 34.4 Å². The Labute approximate surface area is 256 Å². The van der Waals surface area contributed by atoms with E-state index in [0.29, 0.717) is 30.5 Å². The number of hydrogen-bond donors (Lipinski definition) is 2. The summed E-state index contributed by atoms with van der Waals surface area (Å²) in [6.45, 7) is 7.02. The largest absolute Gasteiger partial charge is 0.447 e. The van der Waals surface area contributed by atoms with E-state index >= 15 is 0 Å². The first-order chi connectivity index (χ1) is 20.6. The maximum atomic E-state index is 13.8. The van der Waals surface area contributed by atoms with Crippen LogP contribution in [0.5, 0.6) is 0 Å². The molecule has 12 heteroatoms. The van der Waals surface area contributed by atoms with Crippen molar-refractivity contribution in [3.05, 3.63) is 71.1 Å². The summed E-state index contributed by atoms with van der Waals surface area (Å²) in [6, 6.07) is 13.1. The van der Waals surface area contributed by atoms with Crippen LogP contribution in [-0.4, -0.2) is 89.6 Å². The molecule has 1 fully saturated rings. The van der Waals surface area contributed by atoms with Crippen LogP contribution in [0, 0.1) is 5.82 Å². The smallest absolute Gasteiger partial charge is 0.412 e. The maximum absolute atomic E-state index is 13.8. The van der Waals surface area contributed by atoms with Crippen LogP contribution in [0.3, 0.4) is 0 Å². The summed E-state index contributed by atoms with van der Waals surface area (Å²) in [5, 5.41) is 7.13. The van der Waals surface area contributed by atoms with E-state index in [1.807, 2.05) is 29.2 Å². The number of nitrogens with zero attached hydrogens (tertiary/aromatic N) is 4. The van der Waals surface area contributed by atoms with Gasteiger partial charge in [-0.25, -0.2) is 19.0 Å². The number of pyridine rings is 1. The van der Waals surface area contributed by atoms with Gasteiger partial charge >= 0.3 is 12.1 Å². The molecule has 1 aliphatic heterocycles. The molecule has 1 atom stereocenters. The summed E-state index contributed by atoms with van der Waals surface area (Å²) in [6.07, 6.45) is 1.37. The third-order valence-corrected chi connectivity index (χ3v) is 8.11. The van der Waals surface area contributed by atoms with Gasteiger partial charge in [-0.3, -0.25) is 15.0 Å². The van der Waals surface area contributed by atoms with Crippen LogP contribution in [0.4, 0.5) is 19.8 Å². The lowest BCUT2D eigenvalue weighted by Crippen LogP contribution is -2.51. The molecule has 2 heterocycles. The van der Waals surface area contributed by atoms with E-state index < -0.39 is 24.0 Å². The van der Waals surface area contributed by atoms with Crippen LogP contribution in [0.15, 0.2) is 54.7 Å². The SMILES string of the molecule is CC(C)N1CCN(C(=O)CC[C@H](COC(=O)Nc2cc3ccccc3cn2)N(C)C(=O)NCc2cccc(F)c2Cl)CC1. The Hall–Kier alpha value is -3.96. The van der Waals surface area contributed by atoms with Crippen molar-refractivity contribution in [2.45, 2.75) is 45.3 Å². The lowest BCUT2D eigenvalue weighted by Gasteiger charge is -2.37. The Morgan fingerprint density at radius 2 is 1.79 bits per heavy atom. The van der Waals surface area contributed by atoms with Crippen molar-refractivity contribution in [3.8, 4) is 0 Å². The Bertz CT molecular complexity index is 1430. The fourth-order valence-corrected chi connectivity index (χ4v) is 5.13. The van der Waals surface area contributed by atoms with Gasteiger partial charge in [-0.2, -0.15) is 0 Å². The molecular weight excluding hydrogens is 575 g/mol. The first kappa shape index (κ1) is 32.0. The van der Waals surface area contributed by atoms with E-state index in [4.69, 9.17) is 16.3 Å². The van der Waals surface area contributed by atoms with Gasteiger partial charge in [0.15, 0.2) is 0 Å². The van der Waals surface area contributed by atoms with Crippen LogP contribution in [0.2, 0.25) is 5.02 Å². The van der Waals surface area contributed by atoms with Crippen molar-refractivity contribution in [3.63, 3.8) is 0 Å². The van der Waals surface area contributed by atoms with Gasteiger partial charge in [0.1, 0.15) is 18.2 Å².